The fraction of sp³-hybridized carbons (Fsp3) is 0.464. The largest absolute Gasteiger partial charge is 0.489 e. The Morgan fingerprint density at radius 3 is 2.79 bits per heavy atom. The molecule has 2 fully saturated rings. The number of nitriles is 1. The zero-order valence-electron chi connectivity index (χ0n) is 22.5. The highest BCUT2D eigenvalue weighted by molar-refractivity contribution is 5.68. The van der Waals surface area contributed by atoms with Gasteiger partial charge in [0, 0.05) is 43.9 Å². The number of carbonyl (C=O) groups is 1. The van der Waals surface area contributed by atoms with Crippen LogP contribution in [-0.2, 0) is 9.47 Å². The van der Waals surface area contributed by atoms with E-state index in [-0.39, 0.29) is 18.2 Å². The summed E-state index contributed by atoms with van der Waals surface area (Å²) < 4.78 is 18.8. The molecule has 2 aliphatic heterocycles. The number of amides is 1. The van der Waals surface area contributed by atoms with Crippen LogP contribution in [0.4, 0.5) is 16.4 Å². The van der Waals surface area contributed by atoms with Gasteiger partial charge in [-0.05, 0) is 51.5 Å². The molecule has 2 aliphatic rings. The Kier molecular flexibility index (Phi) is 7.65. The normalized spacial score (nSPS) is 18.0. The van der Waals surface area contributed by atoms with Crippen LogP contribution >= 0.6 is 0 Å². The summed E-state index contributed by atoms with van der Waals surface area (Å²) in [5, 5.41) is 17.4. The van der Waals surface area contributed by atoms with Crippen molar-refractivity contribution in [3.05, 3.63) is 48.4 Å². The van der Waals surface area contributed by atoms with Gasteiger partial charge in [-0.1, -0.05) is 0 Å². The van der Waals surface area contributed by atoms with Gasteiger partial charge >= 0.3 is 6.09 Å². The quantitative estimate of drug-likeness (QED) is 0.481. The third kappa shape index (κ3) is 6.64. The van der Waals surface area contributed by atoms with Crippen molar-refractivity contribution in [1.82, 2.24) is 24.6 Å². The maximum Gasteiger partial charge on any atom is 0.410 e. The lowest BCUT2D eigenvalue weighted by Gasteiger charge is -2.24. The van der Waals surface area contributed by atoms with Gasteiger partial charge in [0.1, 0.15) is 23.5 Å². The number of aromatic nitrogens is 4. The Morgan fingerprint density at radius 1 is 1.21 bits per heavy atom. The predicted molar refractivity (Wildman–Crippen MR) is 144 cm³/mol. The van der Waals surface area contributed by atoms with E-state index in [1.807, 2.05) is 43.8 Å². The monoisotopic (exact) mass is 531 g/mol. The Hall–Kier alpha value is -4.17. The van der Waals surface area contributed by atoms with E-state index in [4.69, 9.17) is 14.2 Å². The van der Waals surface area contributed by atoms with Crippen LogP contribution in [0.2, 0.25) is 0 Å². The molecular weight excluding hydrogens is 498 g/mol. The van der Waals surface area contributed by atoms with Crippen LogP contribution in [0, 0.1) is 11.3 Å². The van der Waals surface area contributed by atoms with Crippen molar-refractivity contribution in [1.29, 1.82) is 5.26 Å². The second-order valence-corrected chi connectivity index (χ2v) is 10.7. The average molecular weight is 532 g/mol. The standard InChI is InChI=1S/C28H33N7O4/c1-28(2,3)39-27(36)34-11-7-22(18-34)35-17-21(16-31-35)32-26-30-10-6-24(33-26)19-4-5-25(20(14-19)15-29)38-23-8-12-37-13-9-23/h4-6,10,14,16-17,22-23H,7-9,11-13,18H2,1-3H3,(H,30,32,33). The second-order valence-electron chi connectivity index (χ2n) is 10.7. The number of rotatable bonds is 6. The summed E-state index contributed by atoms with van der Waals surface area (Å²) in [7, 11) is 0. The van der Waals surface area contributed by atoms with E-state index in [0.717, 1.165) is 30.5 Å². The van der Waals surface area contributed by atoms with Crippen molar-refractivity contribution < 1.29 is 19.0 Å². The summed E-state index contributed by atoms with van der Waals surface area (Å²) >= 11 is 0. The number of anilines is 2. The SMILES string of the molecule is CC(C)(C)OC(=O)N1CCC(n2cc(Nc3nccc(-c4ccc(OC5CCOCC5)c(C#N)c4)n3)cn2)C1. The topological polar surface area (TPSA) is 127 Å². The van der Waals surface area contributed by atoms with E-state index < -0.39 is 5.60 Å². The predicted octanol–water partition coefficient (Wildman–Crippen LogP) is 4.70. The fourth-order valence-corrected chi connectivity index (χ4v) is 4.61. The van der Waals surface area contributed by atoms with E-state index in [2.05, 4.69) is 26.5 Å². The molecule has 39 heavy (non-hydrogen) atoms. The highest BCUT2D eigenvalue weighted by Gasteiger charge is 2.31. The highest BCUT2D eigenvalue weighted by atomic mass is 16.6. The van der Waals surface area contributed by atoms with Crippen molar-refractivity contribution in [3.8, 4) is 23.1 Å². The molecular formula is C28H33N7O4. The van der Waals surface area contributed by atoms with Crippen molar-refractivity contribution >= 4 is 17.7 Å². The number of likely N-dealkylation sites (tertiary alicyclic amines) is 1. The molecule has 11 nitrogen and oxygen atoms in total. The number of benzene rings is 1. The fourth-order valence-electron chi connectivity index (χ4n) is 4.61. The molecule has 0 spiro atoms. The molecule has 0 radical (unpaired) electrons. The molecule has 11 heteroatoms. The lowest BCUT2D eigenvalue weighted by Crippen LogP contribution is -2.35. The van der Waals surface area contributed by atoms with E-state index in [1.165, 1.54) is 0 Å². The van der Waals surface area contributed by atoms with E-state index >= 15 is 0 Å². The summed E-state index contributed by atoms with van der Waals surface area (Å²) in [6, 6.07) is 9.61. The molecule has 2 saturated heterocycles. The summed E-state index contributed by atoms with van der Waals surface area (Å²) in [5.74, 6) is 0.986. The van der Waals surface area contributed by atoms with Gasteiger partial charge in [0.25, 0.3) is 0 Å². The van der Waals surface area contributed by atoms with E-state index in [9.17, 15) is 10.1 Å². The van der Waals surface area contributed by atoms with Crippen molar-refractivity contribution in [2.45, 2.75) is 57.8 Å². The molecule has 1 atom stereocenters. The summed E-state index contributed by atoms with van der Waals surface area (Å²) in [6.07, 6.45) is 7.43. The maximum absolute atomic E-state index is 12.4. The molecule has 0 aliphatic carbocycles. The van der Waals surface area contributed by atoms with E-state index in [1.54, 1.807) is 29.4 Å². The Balaban J connectivity index is 1.23. The minimum atomic E-state index is -0.525. The number of nitrogens with zero attached hydrogens (tertiary/aromatic N) is 6. The maximum atomic E-state index is 12.4. The van der Waals surface area contributed by atoms with Crippen molar-refractivity contribution in [2.24, 2.45) is 0 Å². The van der Waals surface area contributed by atoms with Gasteiger partial charge in [0.15, 0.2) is 0 Å². The van der Waals surface area contributed by atoms with Gasteiger partial charge < -0.3 is 24.4 Å². The van der Waals surface area contributed by atoms with Crippen LogP contribution in [0.25, 0.3) is 11.3 Å². The second kappa shape index (κ2) is 11.3. The number of carbonyl (C=O) groups excluding carboxylic acids is 1. The third-order valence-electron chi connectivity index (χ3n) is 6.56. The zero-order valence-corrected chi connectivity index (χ0v) is 22.5. The van der Waals surface area contributed by atoms with Crippen LogP contribution in [0.5, 0.6) is 5.75 Å². The van der Waals surface area contributed by atoms with Gasteiger partial charge in [-0.3, -0.25) is 4.68 Å². The van der Waals surface area contributed by atoms with Crippen LogP contribution in [0.3, 0.4) is 0 Å². The van der Waals surface area contributed by atoms with Gasteiger partial charge in [0.2, 0.25) is 5.95 Å². The minimum absolute atomic E-state index is 0.0529. The number of nitrogens with one attached hydrogen (secondary N) is 1. The molecule has 3 aromatic rings. The van der Waals surface area contributed by atoms with Crippen molar-refractivity contribution in [2.75, 3.05) is 31.6 Å². The molecule has 4 heterocycles. The first-order valence-electron chi connectivity index (χ1n) is 13.2. The molecule has 1 aromatic carbocycles. The number of ether oxygens (including phenoxy) is 3. The first kappa shape index (κ1) is 26.4. The van der Waals surface area contributed by atoms with Crippen LogP contribution < -0.4 is 10.1 Å². The smallest absolute Gasteiger partial charge is 0.410 e. The van der Waals surface area contributed by atoms with Crippen LogP contribution in [-0.4, -0.2) is 68.7 Å². The Labute approximate surface area is 227 Å². The summed E-state index contributed by atoms with van der Waals surface area (Å²) in [6.45, 7) is 8.09. The first-order valence-corrected chi connectivity index (χ1v) is 13.2. The van der Waals surface area contributed by atoms with Gasteiger partial charge in [0.05, 0.1) is 42.4 Å². The lowest BCUT2D eigenvalue weighted by molar-refractivity contribution is 0.0254. The molecule has 204 valence electrons. The molecule has 0 bridgehead atoms. The minimum Gasteiger partial charge on any atom is -0.489 e. The molecule has 1 N–H and O–H groups in total. The Bertz CT molecular complexity index is 1350. The molecule has 5 rings (SSSR count). The molecule has 1 unspecified atom stereocenters. The van der Waals surface area contributed by atoms with Gasteiger partial charge in [-0.25, -0.2) is 14.8 Å². The third-order valence-corrected chi connectivity index (χ3v) is 6.56. The van der Waals surface area contributed by atoms with Crippen LogP contribution in [0.1, 0.15) is 51.6 Å². The van der Waals surface area contributed by atoms with Gasteiger partial charge in [-0.15, -0.1) is 0 Å². The summed E-state index contributed by atoms with van der Waals surface area (Å²) in [4.78, 5) is 23.1. The lowest BCUT2D eigenvalue weighted by atomic mass is 10.1. The van der Waals surface area contributed by atoms with Crippen molar-refractivity contribution in [3.63, 3.8) is 0 Å². The van der Waals surface area contributed by atoms with E-state index in [0.29, 0.717) is 49.3 Å². The Morgan fingerprint density at radius 2 is 2.03 bits per heavy atom. The number of hydrogen-bond donors (Lipinski definition) is 1. The summed E-state index contributed by atoms with van der Waals surface area (Å²) in [5.41, 5.74) is 2.15. The number of hydrogen-bond acceptors (Lipinski definition) is 9. The average Bonchev–Trinajstić information content (AvgIpc) is 3.59. The highest BCUT2D eigenvalue weighted by Crippen LogP contribution is 2.29. The molecule has 1 amide bonds. The first-order chi connectivity index (χ1) is 18.8. The zero-order chi connectivity index (χ0) is 27.4. The van der Waals surface area contributed by atoms with Gasteiger partial charge in [-0.2, -0.15) is 10.4 Å². The molecule has 0 saturated carbocycles. The molecule has 2 aromatic heterocycles. The van der Waals surface area contributed by atoms with Crippen LogP contribution in [0.15, 0.2) is 42.9 Å².